The molecule has 0 saturated heterocycles. The van der Waals surface area contributed by atoms with Crippen LogP contribution in [-0.2, 0) is 16.1 Å². The number of nitrogens with zero attached hydrogens (tertiary/aromatic N) is 2. The van der Waals surface area contributed by atoms with Gasteiger partial charge in [-0.25, -0.2) is 0 Å². The monoisotopic (exact) mass is 517 g/mol. The van der Waals surface area contributed by atoms with Gasteiger partial charge in [0.1, 0.15) is 11.8 Å². The third kappa shape index (κ3) is 7.34. The Morgan fingerprint density at radius 1 is 1.17 bits per heavy atom. The minimum Gasteiger partial charge on any atom is -0.490 e. The zero-order valence-corrected chi connectivity index (χ0v) is 21.3. The first-order valence-corrected chi connectivity index (χ1v) is 12.5. The summed E-state index contributed by atoms with van der Waals surface area (Å²) >= 11 is 6.02. The summed E-state index contributed by atoms with van der Waals surface area (Å²) in [5.74, 6) is -0.283. The Hall–Kier alpha value is -3.33. The molecule has 9 nitrogen and oxygen atoms in total. The number of amides is 2. The van der Waals surface area contributed by atoms with Gasteiger partial charge in [-0.15, -0.1) is 0 Å². The van der Waals surface area contributed by atoms with E-state index in [2.05, 4.69) is 5.32 Å². The molecule has 1 atom stereocenters. The van der Waals surface area contributed by atoms with E-state index in [1.807, 2.05) is 19.1 Å². The number of halogens is 1. The van der Waals surface area contributed by atoms with Crippen molar-refractivity contribution in [2.75, 3.05) is 13.7 Å². The van der Waals surface area contributed by atoms with Gasteiger partial charge in [-0.1, -0.05) is 49.9 Å². The lowest BCUT2D eigenvalue weighted by Crippen LogP contribution is -2.52. The van der Waals surface area contributed by atoms with Crippen LogP contribution in [0.3, 0.4) is 0 Å². The van der Waals surface area contributed by atoms with Crippen LogP contribution in [0.4, 0.5) is 5.69 Å². The van der Waals surface area contributed by atoms with E-state index >= 15 is 0 Å². The average Bonchev–Trinajstić information content (AvgIpc) is 2.88. The molecule has 0 aliphatic heterocycles. The molecule has 194 valence electrons. The highest BCUT2D eigenvalue weighted by Crippen LogP contribution is 2.31. The van der Waals surface area contributed by atoms with Crippen molar-refractivity contribution in [3.63, 3.8) is 0 Å². The van der Waals surface area contributed by atoms with Gasteiger partial charge in [-0.2, -0.15) is 0 Å². The molecule has 1 fully saturated rings. The van der Waals surface area contributed by atoms with Crippen molar-refractivity contribution >= 4 is 29.1 Å². The van der Waals surface area contributed by atoms with Crippen molar-refractivity contribution in [3.8, 4) is 11.5 Å². The first kappa shape index (κ1) is 27.3. The van der Waals surface area contributed by atoms with Crippen LogP contribution >= 0.6 is 11.6 Å². The van der Waals surface area contributed by atoms with Gasteiger partial charge in [-0.3, -0.25) is 19.7 Å². The van der Waals surface area contributed by atoms with E-state index in [1.54, 1.807) is 12.1 Å². The number of ether oxygens (including phenoxy) is 2. The quantitative estimate of drug-likeness (QED) is 0.335. The van der Waals surface area contributed by atoms with Crippen molar-refractivity contribution in [3.05, 3.63) is 63.2 Å². The molecule has 36 heavy (non-hydrogen) atoms. The molecule has 0 bridgehead atoms. The molecule has 0 aromatic heterocycles. The van der Waals surface area contributed by atoms with Crippen LogP contribution < -0.4 is 14.8 Å². The van der Waals surface area contributed by atoms with Crippen LogP contribution in [0.25, 0.3) is 0 Å². The van der Waals surface area contributed by atoms with Crippen molar-refractivity contribution in [2.24, 2.45) is 0 Å². The molecule has 0 radical (unpaired) electrons. The Morgan fingerprint density at radius 2 is 1.86 bits per heavy atom. The number of methoxy groups -OCH3 is 1. The smallest absolute Gasteiger partial charge is 0.311 e. The van der Waals surface area contributed by atoms with Crippen LogP contribution in [0, 0.1) is 10.1 Å². The van der Waals surface area contributed by atoms with E-state index in [0.717, 1.165) is 31.2 Å². The lowest BCUT2D eigenvalue weighted by atomic mass is 9.95. The molecule has 0 heterocycles. The van der Waals surface area contributed by atoms with Crippen molar-refractivity contribution < 1.29 is 24.0 Å². The van der Waals surface area contributed by atoms with E-state index in [0.29, 0.717) is 11.4 Å². The minimum atomic E-state index is -0.676. The highest BCUT2D eigenvalue weighted by molar-refractivity contribution is 6.30. The summed E-state index contributed by atoms with van der Waals surface area (Å²) in [7, 11) is 1.32. The summed E-state index contributed by atoms with van der Waals surface area (Å²) in [4.78, 5) is 38.7. The maximum atomic E-state index is 13.4. The third-order valence-electron chi connectivity index (χ3n) is 6.31. The van der Waals surface area contributed by atoms with Crippen LogP contribution in [-0.4, -0.2) is 47.4 Å². The number of nitro benzene ring substituents is 1. The molecule has 10 heteroatoms. The molecule has 2 aromatic carbocycles. The summed E-state index contributed by atoms with van der Waals surface area (Å²) in [6.45, 7) is 1.73. The lowest BCUT2D eigenvalue weighted by molar-refractivity contribution is -0.385. The molecule has 3 rings (SSSR count). The summed E-state index contributed by atoms with van der Waals surface area (Å²) in [5, 5.41) is 14.8. The standard InChI is InChI=1S/C26H32ClN3O6/c1-3-22(26(32)28-20-7-5-4-6-8-20)29(16-18-9-11-19(27)12-10-18)25(31)17-36-21-13-14-23(30(33)34)24(15-21)35-2/h9-15,20,22H,3-8,16-17H2,1-2H3,(H,28,32)/t22-/m0/s1. The number of rotatable bonds is 11. The van der Waals surface area contributed by atoms with Gasteiger partial charge in [0.15, 0.2) is 6.61 Å². The van der Waals surface area contributed by atoms with Crippen LogP contribution in [0.5, 0.6) is 11.5 Å². The topological polar surface area (TPSA) is 111 Å². The minimum absolute atomic E-state index is 0.0289. The number of carbonyl (C=O) groups excluding carboxylic acids is 2. The largest absolute Gasteiger partial charge is 0.490 e. The Kier molecular flexibility index (Phi) is 9.93. The van der Waals surface area contributed by atoms with E-state index in [1.165, 1.54) is 36.6 Å². The molecule has 1 N–H and O–H groups in total. The summed E-state index contributed by atoms with van der Waals surface area (Å²) in [6, 6.07) is 10.6. The zero-order valence-electron chi connectivity index (χ0n) is 20.6. The number of hydrogen-bond donors (Lipinski definition) is 1. The summed E-state index contributed by atoms with van der Waals surface area (Å²) in [6.07, 6.45) is 5.67. The fourth-order valence-corrected chi connectivity index (χ4v) is 4.50. The molecule has 1 saturated carbocycles. The number of benzene rings is 2. The molecule has 1 aliphatic rings. The third-order valence-corrected chi connectivity index (χ3v) is 6.57. The van der Waals surface area contributed by atoms with Crippen LogP contribution in [0.15, 0.2) is 42.5 Å². The van der Waals surface area contributed by atoms with E-state index in [-0.39, 0.29) is 48.2 Å². The Bertz CT molecular complexity index is 1060. The summed E-state index contributed by atoms with van der Waals surface area (Å²) in [5.41, 5.74) is 0.625. The van der Waals surface area contributed by atoms with Crippen molar-refractivity contribution in [1.29, 1.82) is 0 Å². The van der Waals surface area contributed by atoms with Gasteiger partial charge >= 0.3 is 5.69 Å². The molecule has 1 aliphatic carbocycles. The van der Waals surface area contributed by atoms with Gasteiger partial charge in [0.2, 0.25) is 11.7 Å². The maximum absolute atomic E-state index is 13.4. The molecule has 0 spiro atoms. The molecule has 2 amide bonds. The maximum Gasteiger partial charge on any atom is 0.311 e. The SMILES string of the molecule is CC[C@@H](C(=O)NC1CCCCC1)N(Cc1ccc(Cl)cc1)C(=O)COc1ccc([N+](=O)[O-])c(OC)c1. The fourth-order valence-electron chi connectivity index (χ4n) is 4.38. The molecular formula is C26H32ClN3O6. The Balaban J connectivity index is 1.77. The number of carbonyl (C=O) groups is 2. The van der Waals surface area contributed by atoms with Crippen LogP contribution in [0.2, 0.25) is 5.02 Å². The van der Waals surface area contributed by atoms with Gasteiger partial charge in [0, 0.05) is 29.7 Å². The zero-order chi connectivity index (χ0) is 26.1. The molecule has 0 unspecified atom stereocenters. The predicted molar refractivity (Wildman–Crippen MR) is 136 cm³/mol. The van der Waals surface area contributed by atoms with E-state index in [4.69, 9.17) is 21.1 Å². The second-order valence-corrected chi connectivity index (χ2v) is 9.23. The average molecular weight is 518 g/mol. The highest BCUT2D eigenvalue weighted by atomic mass is 35.5. The first-order chi connectivity index (χ1) is 17.3. The predicted octanol–water partition coefficient (Wildman–Crippen LogP) is 4.89. The molecule has 2 aromatic rings. The van der Waals surface area contributed by atoms with Crippen LogP contribution in [0.1, 0.15) is 51.0 Å². The Labute approximate surface area is 215 Å². The van der Waals surface area contributed by atoms with Gasteiger partial charge < -0.3 is 19.7 Å². The first-order valence-electron chi connectivity index (χ1n) is 12.1. The fraction of sp³-hybridized carbons (Fsp3) is 0.462. The Morgan fingerprint density at radius 3 is 2.47 bits per heavy atom. The van der Waals surface area contributed by atoms with Gasteiger partial charge in [0.25, 0.3) is 5.91 Å². The van der Waals surface area contributed by atoms with E-state index in [9.17, 15) is 19.7 Å². The number of nitrogens with one attached hydrogen (secondary N) is 1. The normalized spacial score (nSPS) is 14.5. The van der Waals surface area contributed by atoms with E-state index < -0.39 is 11.0 Å². The number of nitro groups is 1. The van der Waals surface area contributed by atoms with Crippen molar-refractivity contribution in [2.45, 2.75) is 64.1 Å². The summed E-state index contributed by atoms with van der Waals surface area (Å²) < 4.78 is 10.7. The van der Waals surface area contributed by atoms with Gasteiger partial charge in [-0.05, 0) is 43.0 Å². The van der Waals surface area contributed by atoms with Gasteiger partial charge in [0.05, 0.1) is 12.0 Å². The lowest BCUT2D eigenvalue weighted by Gasteiger charge is -2.32. The highest BCUT2D eigenvalue weighted by Gasteiger charge is 2.30. The number of hydrogen-bond acceptors (Lipinski definition) is 6. The molecular weight excluding hydrogens is 486 g/mol. The second kappa shape index (κ2) is 13.1. The van der Waals surface area contributed by atoms with Crippen molar-refractivity contribution in [1.82, 2.24) is 10.2 Å². The second-order valence-electron chi connectivity index (χ2n) is 8.80.